The van der Waals surface area contributed by atoms with E-state index in [-0.39, 0.29) is 0 Å². The Morgan fingerprint density at radius 3 is 2.81 bits per heavy atom. The Kier molecular flexibility index (Phi) is 5.06. The van der Waals surface area contributed by atoms with Crippen LogP contribution in [0.5, 0.6) is 5.75 Å². The minimum absolute atomic E-state index is 0.325. The number of rotatable bonds is 6. The average Bonchev–Trinajstić information content (AvgIpc) is 2.26. The van der Waals surface area contributed by atoms with Crippen molar-refractivity contribution < 1.29 is 5.11 Å². The van der Waals surface area contributed by atoms with Crippen LogP contribution in [0.1, 0.15) is 25.8 Å². The lowest BCUT2D eigenvalue weighted by atomic mass is 10.00. The topological polar surface area (TPSA) is 32.3 Å². The molecule has 0 aromatic heterocycles. The molecule has 0 saturated carbocycles. The van der Waals surface area contributed by atoms with Crippen LogP contribution in [0.4, 0.5) is 0 Å². The molecule has 1 rings (SSSR count). The Morgan fingerprint density at radius 1 is 1.44 bits per heavy atom. The molecule has 2 unspecified atom stereocenters. The van der Waals surface area contributed by atoms with Gasteiger partial charge in [0.15, 0.2) is 0 Å². The third-order valence-corrected chi connectivity index (χ3v) is 2.93. The quantitative estimate of drug-likeness (QED) is 0.721. The molecule has 16 heavy (non-hydrogen) atoms. The fraction of sp³-hybridized carbons (Fsp3) is 0.429. The van der Waals surface area contributed by atoms with Gasteiger partial charge < -0.3 is 10.4 Å². The van der Waals surface area contributed by atoms with Gasteiger partial charge >= 0.3 is 0 Å². The average molecular weight is 219 g/mol. The second-order valence-corrected chi connectivity index (χ2v) is 4.34. The molecule has 0 aliphatic heterocycles. The van der Waals surface area contributed by atoms with Crippen molar-refractivity contribution in [3.63, 3.8) is 0 Å². The van der Waals surface area contributed by atoms with Crippen molar-refractivity contribution in [3.8, 4) is 5.75 Å². The highest BCUT2D eigenvalue weighted by Gasteiger charge is 2.09. The van der Waals surface area contributed by atoms with E-state index >= 15 is 0 Å². The predicted octanol–water partition coefficient (Wildman–Crippen LogP) is 3.08. The highest BCUT2D eigenvalue weighted by molar-refractivity contribution is 5.26. The minimum Gasteiger partial charge on any atom is -0.508 e. The van der Waals surface area contributed by atoms with Crippen molar-refractivity contribution in [1.29, 1.82) is 0 Å². The molecule has 2 atom stereocenters. The van der Waals surface area contributed by atoms with E-state index in [4.69, 9.17) is 0 Å². The summed E-state index contributed by atoms with van der Waals surface area (Å²) in [5, 5.41) is 12.8. The van der Waals surface area contributed by atoms with Crippen molar-refractivity contribution in [1.82, 2.24) is 5.32 Å². The van der Waals surface area contributed by atoms with Crippen molar-refractivity contribution in [3.05, 3.63) is 42.5 Å². The van der Waals surface area contributed by atoms with Gasteiger partial charge in [-0.2, -0.15) is 0 Å². The number of aromatic hydroxyl groups is 1. The smallest absolute Gasteiger partial charge is 0.115 e. The van der Waals surface area contributed by atoms with E-state index in [1.807, 2.05) is 18.2 Å². The van der Waals surface area contributed by atoms with Crippen LogP contribution in [0.15, 0.2) is 36.9 Å². The van der Waals surface area contributed by atoms with E-state index in [0.29, 0.717) is 17.7 Å². The number of hydrogen-bond acceptors (Lipinski definition) is 2. The molecular formula is C14H21NO. The van der Waals surface area contributed by atoms with Gasteiger partial charge in [0.25, 0.3) is 0 Å². The molecule has 0 saturated heterocycles. The van der Waals surface area contributed by atoms with Crippen molar-refractivity contribution in [2.24, 2.45) is 5.92 Å². The van der Waals surface area contributed by atoms with Gasteiger partial charge in [-0.15, -0.1) is 6.58 Å². The van der Waals surface area contributed by atoms with Crippen LogP contribution in [0.25, 0.3) is 0 Å². The van der Waals surface area contributed by atoms with Crippen LogP contribution in [-0.4, -0.2) is 11.1 Å². The van der Waals surface area contributed by atoms with Crippen molar-refractivity contribution >= 4 is 0 Å². The number of nitrogens with one attached hydrogen (secondary N) is 1. The maximum atomic E-state index is 9.33. The molecule has 0 spiro atoms. The molecule has 2 nitrogen and oxygen atoms in total. The number of benzene rings is 1. The number of hydrogen-bond donors (Lipinski definition) is 2. The lowest BCUT2D eigenvalue weighted by Crippen LogP contribution is -2.31. The zero-order valence-electron chi connectivity index (χ0n) is 10.1. The molecule has 1 aromatic carbocycles. The summed E-state index contributed by atoms with van der Waals surface area (Å²) >= 11 is 0. The third-order valence-electron chi connectivity index (χ3n) is 2.93. The highest BCUT2D eigenvalue weighted by Crippen LogP contribution is 2.12. The van der Waals surface area contributed by atoms with Crippen LogP contribution in [-0.2, 0) is 6.54 Å². The normalized spacial score (nSPS) is 14.4. The second kappa shape index (κ2) is 6.33. The van der Waals surface area contributed by atoms with Crippen LogP contribution < -0.4 is 5.32 Å². The number of phenolic OH excluding ortho intramolecular Hbond substituents is 1. The molecule has 2 N–H and O–H groups in total. The Labute approximate surface area is 98.0 Å². The maximum Gasteiger partial charge on any atom is 0.115 e. The van der Waals surface area contributed by atoms with E-state index in [9.17, 15) is 5.11 Å². The third kappa shape index (κ3) is 4.07. The molecule has 0 aliphatic carbocycles. The first kappa shape index (κ1) is 12.8. The van der Waals surface area contributed by atoms with E-state index in [1.54, 1.807) is 12.1 Å². The summed E-state index contributed by atoms with van der Waals surface area (Å²) in [5.74, 6) is 0.904. The van der Waals surface area contributed by atoms with E-state index in [0.717, 1.165) is 18.5 Å². The Hall–Kier alpha value is -1.28. The first-order valence-corrected chi connectivity index (χ1v) is 5.75. The zero-order chi connectivity index (χ0) is 12.0. The van der Waals surface area contributed by atoms with Crippen molar-refractivity contribution in [2.75, 3.05) is 0 Å². The first-order valence-electron chi connectivity index (χ1n) is 5.75. The van der Waals surface area contributed by atoms with Crippen LogP contribution >= 0.6 is 0 Å². The van der Waals surface area contributed by atoms with Crippen LogP contribution in [0.3, 0.4) is 0 Å². The summed E-state index contributed by atoms with van der Waals surface area (Å²) in [6.07, 6.45) is 2.98. The fourth-order valence-electron chi connectivity index (χ4n) is 1.61. The fourth-order valence-corrected chi connectivity index (χ4v) is 1.61. The lowest BCUT2D eigenvalue weighted by Gasteiger charge is -2.20. The summed E-state index contributed by atoms with van der Waals surface area (Å²) in [6, 6.07) is 7.80. The minimum atomic E-state index is 0.325. The molecule has 1 aromatic rings. The Bertz CT molecular complexity index is 335. The lowest BCUT2D eigenvalue weighted by molar-refractivity contribution is 0.401. The predicted molar refractivity (Wildman–Crippen MR) is 68.4 cm³/mol. The first-order chi connectivity index (χ1) is 7.63. The van der Waals surface area contributed by atoms with E-state index in [2.05, 4.69) is 25.7 Å². The molecule has 0 amide bonds. The van der Waals surface area contributed by atoms with E-state index < -0.39 is 0 Å². The van der Waals surface area contributed by atoms with Gasteiger partial charge in [-0.25, -0.2) is 0 Å². The molecule has 0 bridgehead atoms. The molecule has 0 aliphatic rings. The monoisotopic (exact) mass is 219 g/mol. The molecule has 88 valence electrons. The van der Waals surface area contributed by atoms with Gasteiger partial charge in [0.1, 0.15) is 5.75 Å². The van der Waals surface area contributed by atoms with Gasteiger partial charge in [-0.3, -0.25) is 0 Å². The molecular weight excluding hydrogens is 198 g/mol. The van der Waals surface area contributed by atoms with Gasteiger partial charge in [0.2, 0.25) is 0 Å². The van der Waals surface area contributed by atoms with Gasteiger partial charge in [0, 0.05) is 12.6 Å². The summed E-state index contributed by atoms with van der Waals surface area (Å²) in [4.78, 5) is 0. The molecule has 0 heterocycles. The summed E-state index contributed by atoms with van der Waals surface area (Å²) in [5.41, 5.74) is 1.11. The van der Waals surface area contributed by atoms with Gasteiger partial charge in [-0.1, -0.05) is 25.1 Å². The standard InChI is InChI=1S/C14H21NO/c1-4-6-11(2)12(3)15-10-13-7-5-8-14(16)9-13/h4-5,7-9,11-12,15-16H,1,6,10H2,2-3H3. The number of phenols is 1. The number of allylic oxidation sites excluding steroid dienone is 1. The van der Waals surface area contributed by atoms with Crippen LogP contribution in [0, 0.1) is 5.92 Å². The molecule has 0 fully saturated rings. The highest BCUT2D eigenvalue weighted by atomic mass is 16.3. The Balaban J connectivity index is 2.42. The SMILES string of the molecule is C=CCC(C)C(C)NCc1cccc(O)c1. The molecule has 0 radical (unpaired) electrons. The van der Waals surface area contributed by atoms with Gasteiger partial charge in [-0.05, 0) is 37.0 Å². The second-order valence-electron chi connectivity index (χ2n) is 4.34. The summed E-state index contributed by atoms with van der Waals surface area (Å²) in [6.45, 7) is 8.93. The zero-order valence-corrected chi connectivity index (χ0v) is 10.1. The molecule has 2 heteroatoms. The largest absolute Gasteiger partial charge is 0.508 e. The van der Waals surface area contributed by atoms with Crippen LogP contribution in [0.2, 0.25) is 0 Å². The summed E-state index contributed by atoms with van der Waals surface area (Å²) < 4.78 is 0. The maximum absolute atomic E-state index is 9.33. The van der Waals surface area contributed by atoms with Gasteiger partial charge in [0.05, 0.1) is 0 Å². The van der Waals surface area contributed by atoms with E-state index in [1.165, 1.54) is 0 Å². The summed E-state index contributed by atoms with van der Waals surface area (Å²) in [7, 11) is 0. The Morgan fingerprint density at radius 2 is 2.19 bits per heavy atom. The van der Waals surface area contributed by atoms with Crippen molar-refractivity contribution in [2.45, 2.75) is 32.9 Å².